The Bertz CT molecular complexity index is 1090. The van der Waals surface area contributed by atoms with Gasteiger partial charge in [0.25, 0.3) is 0 Å². The first kappa shape index (κ1) is 38.0. The maximum absolute atomic E-state index is 13.6. The van der Waals surface area contributed by atoms with Crippen LogP contribution in [0.5, 0.6) is 0 Å². The monoisotopic (exact) mass is 654 g/mol. The lowest BCUT2D eigenvalue weighted by molar-refractivity contribution is -0.283. The summed E-state index contributed by atoms with van der Waals surface area (Å²) >= 11 is 0. The number of esters is 3. The molecule has 3 rings (SSSR count). The summed E-state index contributed by atoms with van der Waals surface area (Å²) in [7, 11) is 3.86. The third kappa shape index (κ3) is 8.72. The van der Waals surface area contributed by atoms with Gasteiger partial charge in [0.15, 0.2) is 12.4 Å². The van der Waals surface area contributed by atoms with Crippen LogP contribution in [-0.4, -0.2) is 108 Å². The Kier molecular flexibility index (Phi) is 12.9. The number of carbonyl (C=O) groups is 4. The summed E-state index contributed by atoms with van der Waals surface area (Å²) in [5, 5.41) is 10.3. The first-order valence-electron chi connectivity index (χ1n) is 16.9. The Balaban J connectivity index is 2.02. The van der Waals surface area contributed by atoms with E-state index < -0.39 is 60.1 Å². The Labute approximate surface area is 274 Å². The summed E-state index contributed by atoms with van der Waals surface area (Å²) < 4.78 is 30.8. The summed E-state index contributed by atoms with van der Waals surface area (Å²) in [5.74, 6) is -2.35. The van der Waals surface area contributed by atoms with Gasteiger partial charge in [0, 0.05) is 25.4 Å². The van der Waals surface area contributed by atoms with Crippen LogP contribution in [0.4, 0.5) is 4.79 Å². The van der Waals surface area contributed by atoms with E-state index >= 15 is 0 Å². The van der Waals surface area contributed by atoms with Gasteiger partial charge in [-0.3, -0.25) is 14.4 Å². The lowest BCUT2D eigenvalue weighted by Crippen LogP contribution is -2.57. The molecule has 0 radical (unpaired) electrons. The number of carbonyl (C=O) groups excluding carboxylic acids is 3. The molecule has 3 fully saturated rings. The Morgan fingerprint density at radius 2 is 1.61 bits per heavy atom. The molecule has 13 atom stereocenters. The van der Waals surface area contributed by atoms with Crippen LogP contribution in [0.2, 0.25) is 0 Å². The molecular weight excluding hydrogens is 596 g/mol. The van der Waals surface area contributed by atoms with Crippen LogP contribution >= 0.6 is 0 Å². The molecule has 3 heterocycles. The molecule has 0 aliphatic carbocycles. The fourth-order valence-corrected chi connectivity index (χ4v) is 8.11. The van der Waals surface area contributed by atoms with Gasteiger partial charge in [0.05, 0.1) is 36.0 Å². The number of likely N-dealkylation sites (N-methyl/N-ethyl adjacent to an activating group) is 1. The summed E-state index contributed by atoms with van der Waals surface area (Å²) in [6.07, 6.45) is -2.31. The van der Waals surface area contributed by atoms with E-state index in [9.17, 15) is 24.3 Å². The van der Waals surface area contributed by atoms with E-state index in [0.717, 1.165) is 0 Å². The molecule has 12 heteroatoms. The highest BCUT2D eigenvalue weighted by atomic mass is 16.7. The lowest BCUT2D eigenvalue weighted by atomic mass is 9.72. The average Bonchev–Trinajstić information content (AvgIpc) is 3.27. The van der Waals surface area contributed by atoms with E-state index in [1.807, 2.05) is 74.4 Å². The molecule has 1 amide bonds. The minimum Gasteiger partial charge on any atom is -0.465 e. The van der Waals surface area contributed by atoms with Crippen molar-refractivity contribution in [2.24, 2.45) is 29.1 Å². The first-order valence-corrected chi connectivity index (χ1v) is 16.9. The highest BCUT2D eigenvalue weighted by Crippen LogP contribution is 2.45. The van der Waals surface area contributed by atoms with Crippen LogP contribution in [0.3, 0.4) is 0 Å². The van der Waals surface area contributed by atoms with Gasteiger partial charge in [-0.1, -0.05) is 41.5 Å². The van der Waals surface area contributed by atoms with Crippen molar-refractivity contribution in [1.29, 1.82) is 0 Å². The first-order chi connectivity index (χ1) is 21.4. The van der Waals surface area contributed by atoms with E-state index in [0.29, 0.717) is 25.7 Å². The van der Waals surface area contributed by atoms with Crippen molar-refractivity contribution in [2.75, 3.05) is 20.6 Å². The van der Waals surface area contributed by atoms with Crippen LogP contribution in [0, 0.1) is 29.1 Å². The fraction of sp³-hybridized carbons (Fsp3) is 0.882. The van der Waals surface area contributed by atoms with E-state index in [1.54, 1.807) is 0 Å². The zero-order valence-electron chi connectivity index (χ0n) is 29.7. The van der Waals surface area contributed by atoms with E-state index in [-0.39, 0.29) is 54.8 Å². The van der Waals surface area contributed by atoms with Gasteiger partial charge in [-0.15, -0.1) is 0 Å². The molecule has 0 aromatic rings. The standard InChI is InChI=1S/C34H58N2O10/c1-12-26-34(9)16-27(38)45-30(34)21(5)17-36(33(40)41)22(6)14-19(3)28(18(2)13-20(4)31(39)44-26)46-32-29(43-24(8)37)25(35(10)11)15-23(7)42-32/h18-23,25-26,28-30,32H,12-17H2,1-11H3,(H,40,41)/t18-,19-,20+,21-,22+,23+,25-,26+,28+,29+,30+,32-,34+/m0/s1. The Morgan fingerprint density at radius 1 is 0.978 bits per heavy atom. The van der Waals surface area contributed by atoms with Crippen LogP contribution in [0.25, 0.3) is 0 Å². The Morgan fingerprint density at radius 3 is 2.17 bits per heavy atom. The van der Waals surface area contributed by atoms with Crippen molar-refractivity contribution >= 4 is 24.0 Å². The van der Waals surface area contributed by atoms with Gasteiger partial charge >= 0.3 is 24.0 Å². The van der Waals surface area contributed by atoms with Gasteiger partial charge in [-0.2, -0.15) is 0 Å². The SMILES string of the molecule is CC[C@H]1OC(=O)[C@H](C)C[C@H](C)[C@@H](O[C@@H]2O[C@H](C)C[C@H](N(C)C)[C@H]2OC(C)=O)[C@@H](C)C[C@@H](C)N(C(=O)O)C[C@H](C)[C@H]2OC(=O)C[C@@]21C. The van der Waals surface area contributed by atoms with Gasteiger partial charge < -0.3 is 38.6 Å². The summed E-state index contributed by atoms with van der Waals surface area (Å²) in [4.78, 5) is 54.5. The lowest BCUT2D eigenvalue weighted by Gasteiger charge is -2.45. The third-order valence-corrected chi connectivity index (χ3v) is 10.4. The molecular formula is C34H58N2O10. The predicted octanol–water partition coefficient (Wildman–Crippen LogP) is 4.72. The normalized spacial score (nSPS) is 41.5. The highest BCUT2D eigenvalue weighted by molar-refractivity contribution is 5.74. The van der Waals surface area contributed by atoms with E-state index in [2.05, 4.69) is 0 Å². The number of amides is 1. The highest BCUT2D eigenvalue weighted by Gasteiger charge is 2.54. The molecule has 0 aromatic heterocycles. The molecule has 0 aromatic carbocycles. The quantitative estimate of drug-likeness (QED) is 0.325. The molecule has 3 aliphatic heterocycles. The van der Waals surface area contributed by atoms with Crippen molar-refractivity contribution in [3.8, 4) is 0 Å². The van der Waals surface area contributed by atoms with Crippen LogP contribution < -0.4 is 0 Å². The fourth-order valence-electron chi connectivity index (χ4n) is 8.11. The Hall–Kier alpha value is -2.44. The van der Waals surface area contributed by atoms with Gasteiger partial charge in [-0.05, 0) is 65.5 Å². The minimum absolute atomic E-state index is 0.0887. The molecule has 46 heavy (non-hydrogen) atoms. The zero-order chi connectivity index (χ0) is 34.7. The molecule has 1 N–H and O–H groups in total. The largest absolute Gasteiger partial charge is 0.465 e. The summed E-state index contributed by atoms with van der Waals surface area (Å²) in [5.41, 5.74) is -0.803. The van der Waals surface area contributed by atoms with Gasteiger partial charge in [0.1, 0.15) is 12.2 Å². The molecule has 264 valence electrons. The number of hydrogen-bond acceptors (Lipinski definition) is 10. The topological polar surface area (TPSA) is 141 Å². The number of rotatable bonds is 5. The summed E-state index contributed by atoms with van der Waals surface area (Å²) in [6.45, 7) is 16.9. The molecule has 3 saturated heterocycles. The van der Waals surface area contributed by atoms with Gasteiger partial charge in [0.2, 0.25) is 0 Å². The van der Waals surface area contributed by atoms with Gasteiger partial charge in [-0.25, -0.2) is 4.79 Å². The van der Waals surface area contributed by atoms with Crippen molar-refractivity contribution < 1.29 is 48.0 Å². The van der Waals surface area contributed by atoms with Crippen molar-refractivity contribution in [1.82, 2.24) is 9.80 Å². The predicted molar refractivity (Wildman–Crippen MR) is 170 cm³/mol. The molecule has 0 saturated carbocycles. The molecule has 12 nitrogen and oxygen atoms in total. The molecule has 0 spiro atoms. The second-order valence-corrected chi connectivity index (χ2v) is 14.8. The second kappa shape index (κ2) is 15.6. The smallest absolute Gasteiger partial charge is 0.407 e. The average molecular weight is 655 g/mol. The molecule has 3 aliphatic rings. The summed E-state index contributed by atoms with van der Waals surface area (Å²) in [6, 6.07) is -0.535. The number of hydrogen-bond donors (Lipinski definition) is 1. The van der Waals surface area contributed by atoms with Crippen molar-refractivity contribution in [3.63, 3.8) is 0 Å². The number of nitrogens with zero attached hydrogens (tertiary/aromatic N) is 2. The minimum atomic E-state index is -1.06. The zero-order valence-corrected chi connectivity index (χ0v) is 29.7. The van der Waals surface area contributed by atoms with E-state index in [4.69, 9.17) is 23.7 Å². The maximum atomic E-state index is 13.6. The van der Waals surface area contributed by atoms with Crippen LogP contribution in [0.1, 0.15) is 94.4 Å². The van der Waals surface area contributed by atoms with Crippen molar-refractivity contribution in [3.05, 3.63) is 0 Å². The third-order valence-electron chi connectivity index (χ3n) is 10.4. The number of carboxylic acid groups (broad SMARTS) is 1. The second-order valence-electron chi connectivity index (χ2n) is 14.8. The number of cyclic esters (lactones) is 1. The van der Waals surface area contributed by atoms with Crippen molar-refractivity contribution in [2.45, 2.75) is 143 Å². The number of ether oxygens (including phenoxy) is 5. The number of fused-ring (bicyclic) bond motifs is 1. The van der Waals surface area contributed by atoms with Crippen LogP contribution in [0.15, 0.2) is 0 Å². The maximum Gasteiger partial charge on any atom is 0.407 e. The molecule has 0 unspecified atom stereocenters. The van der Waals surface area contributed by atoms with Crippen LogP contribution in [-0.2, 0) is 38.1 Å². The van der Waals surface area contributed by atoms with E-state index in [1.165, 1.54) is 11.8 Å². The molecule has 0 bridgehead atoms.